The number of fused-ring (bicyclic) bond motifs is 3. The number of rotatable bonds is 5. The van der Waals surface area contributed by atoms with Crippen LogP contribution in [0.2, 0.25) is 0 Å². The summed E-state index contributed by atoms with van der Waals surface area (Å²) in [6, 6.07) is 23.3. The number of nitrogens with zero attached hydrogens (tertiary/aromatic N) is 1. The summed E-state index contributed by atoms with van der Waals surface area (Å²) in [6.07, 6.45) is 5.42. The van der Waals surface area contributed by atoms with Crippen LogP contribution in [0.5, 0.6) is 0 Å². The first-order valence-electron chi connectivity index (χ1n) is 10.8. The number of benzene rings is 3. The molecule has 5 rings (SSSR count). The first kappa shape index (κ1) is 20.6. The van der Waals surface area contributed by atoms with E-state index < -0.39 is 10.0 Å². The molecule has 3 unspecified atom stereocenters. The molecule has 6 heteroatoms. The lowest BCUT2D eigenvalue weighted by Crippen LogP contribution is -2.29. The molecule has 0 radical (unpaired) electrons. The minimum Gasteiger partial charge on any atom is -0.378 e. The van der Waals surface area contributed by atoms with Crippen LogP contribution in [0.3, 0.4) is 0 Å². The van der Waals surface area contributed by atoms with Gasteiger partial charge in [-0.2, -0.15) is 0 Å². The summed E-state index contributed by atoms with van der Waals surface area (Å²) in [7, 11) is 0.421. The molecular weight excluding hydrogens is 418 g/mol. The number of hydrogen-bond acceptors (Lipinski definition) is 4. The van der Waals surface area contributed by atoms with Crippen molar-refractivity contribution in [2.24, 2.45) is 5.92 Å². The van der Waals surface area contributed by atoms with E-state index in [4.69, 9.17) is 0 Å². The smallest absolute Gasteiger partial charge is 0.261 e. The molecule has 164 valence electrons. The predicted molar refractivity (Wildman–Crippen MR) is 131 cm³/mol. The van der Waals surface area contributed by atoms with E-state index in [1.165, 1.54) is 11.3 Å². The van der Waals surface area contributed by atoms with Gasteiger partial charge in [-0.05, 0) is 65.9 Å². The van der Waals surface area contributed by atoms with Crippen LogP contribution in [0, 0.1) is 5.92 Å². The number of nitrogens with one attached hydrogen (secondary N) is 2. The van der Waals surface area contributed by atoms with Gasteiger partial charge < -0.3 is 10.2 Å². The van der Waals surface area contributed by atoms with Gasteiger partial charge >= 0.3 is 0 Å². The number of anilines is 3. The molecule has 0 fully saturated rings. The van der Waals surface area contributed by atoms with Gasteiger partial charge in [0, 0.05) is 37.1 Å². The molecule has 3 aromatic rings. The zero-order valence-electron chi connectivity index (χ0n) is 18.2. The van der Waals surface area contributed by atoms with Crippen LogP contribution in [-0.2, 0) is 10.0 Å². The molecule has 1 aliphatic heterocycles. The first-order valence-corrected chi connectivity index (χ1v) is 12.3. The second kappa shape index (κ2) is 8.02. The molecule has 1 heterocycles. The van der Waals surface area contributed by atoms with Gasteiger partial charge in [0.1, 0.15) is 0 Å². The molecular formula is C26H27N3O2S. The van der Waals surface area contributed by atoms with Crippen molar-refractivity contribution < 1.29 is 8.42 Å². The summed E-state index contributed by atoms with van der Waals surface area (Å²) in [6.45, 7) is 0. The molecule has 0 spiro atoms. The SMILES string of the molecule is CN(C)c1ccc(C2Nc3ccc(S(=O)(=O)Nc4ccccc4)cc3C3C=CCC32)cc1. The van der Waals surface area contributed by atoms with Crippen LogP contribution in [0.4, 0.5) is 17.1 Å². The quantitative estimate of drug-likeness (QED) is 0.518. The van der Waals surface area contributed by atoms with Crippen molar-refractivity contribution in [3.8, 4) is 0 Å². The molecule has 0 saturated carbocycles. The minimum atomic E-state index is -3.66. The van der Waals surface area contributed by atoms with Crippen molar-refractivity contribution in [3.63, 3.8) is 0 Å². The zero-order chi connectivity index (χ0) is 22.3. The number of sulfonamides is 1. The van der Waals surface area contributed by atoms with E-state index in [1.54, 1.807) is 18.2 Å². The Morgan fingerprint density at radius 3 is 2.44 bits per heavy atom. The van der Waals surface area contributed by atoms with Crippen LogP contribution in [0.25, 0.3) is 0 Å². The molecule has 0 saturated heterocycles. The minimum absolute atomic E-state index is 0.184. The maximum absolute atomic E-state index is 13.0. The lowest BCUT2D eigenvalue weighted by molar-refractivity contribution is 0.425. The predicted octanol–water partition coefficient (Wildman–Crippen LogP) is 5.38. The van der Waals surface area contributed by atoms with Crippen molar-refractivity contribution >= 4 is 27.1 Å². The van der Waals surface area contributed by atoms with Gasteiger partial charge in [-0.1, -0.05) is 42.5 Å². The number of hydrogen-bond donors (Lipinski definition) is 2. The van der Waals surface area contributed by atoms with Crippen molar-refractivity contribution in [2.45, 2.75) is 23.3 Å². The summed E-state index contributed by atoms with van der Waals surface area (Å²) in [5.41, 5.74) is 5.02. The molecule has 3 aromatic carbocycles. The lowest BCUT2D eigenvalue weighted by Gasteiger charge is -2.38. The third-order valence-corrected chi connectivity index (χ3v) is 7.82. The number of allylic oxidation sites excluding steroid dienone is 2. The summed E-state index contributed by atoms with van der Waals surface area (Å²) < 4.78 is 28.7. The van der Waals surface area contributed by atoms with Gasteiger partial charge in [-0.15, -0.1) is 0 Å². The average molecular weight is 446 g/mol. The Labute approximate surface area is 189 Å². The summed E-state index contributed by atoms with van der Waals surface area (Å²) in [5.74, 6) is 0.546. The summed E-state index contributed by atoms with van der Waals surface area (Å²) in [4.78, 5) is 2.38. The van der Waals surface area contributed by atoms with E-state index in [9.17, 15) is 8.42 Å². The molecule has 32 heavy (non-hydrogen) atoms. The van der Waals surface area contributed by atoms with E-state index in [-0.39, 0.29) is 16.9 Å². The van der Waals surface area contributed by atoms with Crippen molar-refractivity contribution in [2.75, 3.05) is 29.0 Å². The second-order valence-electron chi connectivity index (χ2n) is 8.68. The topological polar surface area (TPSA) is 61.4 Å². The van der Waals surface area contributed by atoms with Crippen LogP contribution >= 0.6 is 0 Å². The third-order valence-electron chi connectivity index (χ3n) is 6.44. The maximum Gasteiger partial charge on any atom is 0.261 e. The Kier molecular flexibility index (Phi) is 5.18. The molecule has 0 aromatic heterocycles. The highest BCUT2D eigenvalue weighted by Gasteiger charge is 2.38. The monoisotopic (exact) mass is 445 g/mol. The van der Waals surface area contributed by atoms with Gasteiger partial charge in [0.2, 0.25) is 0 Å². The molecule has 1 aliphatic carbocycles. The van der Waals surface area contributed by atoms with Gasteiger partial charge in [-0.25, -0.2) is 8.42 Å². The fraction of sp³-hybridized carbons (Fsp3) is 0.231. The summed E-state index contributed by atoms with van der Waals surface area (Å²) >= 11 is 0. The fourth-order valence-electron chi connectivity index (χ4n) is 4.77. The third kappa shape index (κ3) is 3.75. The van der Waals surface area contributed by atoms with Crippen LogP contribution in [0.1, 0.15) is 29.5 Å². The standard InChI is InChI=1S/C26H27N3O2S/c1-29(2)20-13-11-18(12-14-20)26-23-10-6-9-22(23)24-17-21(15-16-25(24)27-26)32(30,31)28-19-7-4-3-5-8-19/h3-9,11-17,22-23,26-28H,10H2,1-2H3. The average Bonchev–Trinajstić information content (AvgIpc) is 3.29. The first-order chi connectivity index (χ1) is 15.4. The highest BCUT2D eigenvalue weighted by Crippen LogP contribution is 2.50. The van der Waals surface area contributed by atoms with Crippen molar-refractivity contribution in [1.82, 2.24) is 0 Å². The largest absolute Gasteiger partial charge is 0.378 e. The van der Waals surface area contributed by atoms with E-state index in [1.807, 2.05) is 44.4 Å². The number of para-hydroxylation sites is 1. The highest BCUT2D eigenvalue weighted by molar-refractivity contribution is 7.92. The zero-order valence-corrected chi connectivity index (χ0v) is 19.0. The Morgan fingerprint density at radius 2 is 1.72 bits per heavy atom. The Balaban J connectivity index is 1.47. The highest BCUT2D eigenvalue weighted by atomic mass is 32.2. The Hall–Kier alpha value is -3.25. The van der Waals surface area contributed by atoms with Gasteiger partial charge in [0.05, 0.1) is 10.9 Å². The lowest BCUT2D eigenvalue weighted by atomic mass is 9.77. The van der Waals surface area contributed by atoms with Crippen molar-refractivity contribution in [1.29, 1.82) is 0 Å². The van der Waals surface area contributed by atoms with Gasteiger partial charge in [0.25, 0.3) is 10.0 Å². The molecule has 2 N–H and O–H groups in total. The van der Waals surface area contributed by atoms with Crippen LogP contribution < -0.4 is 14.9 Å². The summed E-state index contributed by atoms with van der Waals surface area (Å²) in [5, 5.41) is 3.69. The van der Waals surface area contributed by atoms with Crippen LogP contribution in [-0.4, -0.2) is 22.5 Å². The molecule has 3 atom stereocenters. The van der Waals surface area contributed by atoms with E-state index in [0.29, 0.717) is 11.6 Å². The Bertz CT molecular complexity index is 1250. The fourth-order valence-corrected chi connectivity index (χ4v) is 5.86. The Morgan fingerprint density at radius 1 is 0.969 bits per heavy atom. The second-order valence-corrected chi connectivity index (χ2v) is 10.4. The van der Waals surface area contributed by atoms with Crippen molar-refractivity contribution in [3.05, 3.63) is 96.1 Å². The van der Waals surface area contributed by atoms with E-state index in [2.05, 4.69) is 51.4 Å². The van der Waals surface area contributed by atoms with E-state index in [0.717, 1.165) is 17.7 Å². The van der Waals surface area contributed by atoms with Gasteiger partial charge in [-0.3, -0.25) is 4.72 Å². The maximum atomic E-state index is 13.0. The molecule has 2 aliphatic rings. The molecule has 5 nitrogen and oxygen atoms in total. The normalized spacial score (nSPS) is 21.4. The molecule has 0 amide bonds. The van der Waals surface area contributed by atoms with Gasteiger partial charge in [0.15, 0.2) is 0 Å². The molecule has 0 bridgehead atoms. The van der Waals surface area contributed by atoms with Crippen LogP contribution in [0.15, 0.2) is 89.8 Å². The van der Waals surface area contributed by atoms with E-state index >= 15 is 0 Å².